The van der Waals surface area contributed by atoms with Crippen LogP contribution >= 0.6 is 0 Å². The molecule has 0 aromatic heterocycles. The molecule has 1 rings (SSSR count). The fraction of sp³-hybridized carbons (Fsp3) is 0.308. The first-order valence-electron chi connectivity index (χ1n) is 5.05. The topological polar surface area (TPSA) is 37.3 Å². The monoisotopic (exact) mass is 204 g/mol. The molecule has 2 nitrogen and oxygen atoms in total. The number of carbonyl (C=O) groups is 1. The normalized spacial score (nSPS) is 11.5. The molecule has 0 atom stereocenters. The Morgan fingerprint density at radius 2 is 2.20 bits per heavy atom. The molecule has 15 heavy (non-hydrogen) atoms. The van der Waals surface area contributed by atoms with Crippen LogP contribution in [-0.4, -0.2) is 11.1 Å². The van der Waals surface area contributed by atoms with Crippen LogP contribution in [0.15, 0.2) is 35.9 Å². The summed E-state index contributed by atoms with van der Waals surface area (Å²) in [5.74, 6) is -0.834. The van der Waals surface area contributed by atoms with E-state index >= 15 is 0 Å². The second kappa shape index (κ2) is 5.35. The Kier molecular flexibility index (Phi) is 4.10. The second-order valence-electron chi connectivity index (χ2n) is 3.72. The van der Waals surface area contributed by atoms with E-state index < -0.39 is 5.97 Å². The maximum absolute atomic E-state index is 10.5. The van der Waals surface area contributed by atoms with Crippen molar-refractivity contribution in [1.29, 1.82) is 0 Å². The highest BCUT2D eigenvalue weighted by molar-refractivity contribution is 5.85. The largest absolute Gasteiger partial charge is 0.478 e. The first kappa shape index (κ1) is 11.5. The third-order valence-corrected chi connectivity index (χ3v) is 2.30. The quantitative estimate of drug-likeness (QED) is 0.765. The summed E-state index contributed by atoms with van der Waals surface area (Å²) in [5.41, 5.74) is 2.92. The third kappa shape index (κ3) is 3.98. The van der Waals surface area contributed by atoms with Crippen molar-refractivity contribution in [3.05, 3.63) is 47.0 Å². The van der Waals surface area contributed by atoms with E-state index in [1.165, 1.54) is 11.1 Å². The van der Waals surface area contributed by atoms with Gasteiger partial charge in [-0.15, -0.1) is 0 Å². The van der Waals surface area contributed by atoms with Gasteiger partial charge in [-0.05, 0) is 32.3 Å². The van der Waals surface area contributed by atoms with Gasteiger partial charge in [0.15, 0.2) is 0 Å². The molecule has 1 aromatic rings. The number of allylic oxidation sites excluding steroid dienone is 1. The molecule has 0 saturated heterocycles. The Hall–Kier alpha value is -1.57. The lowest BCUT2D eigenvalue weighted by atomic mass is 10.1. The SMILES string of the molecule is C/C(=C\CCc1cccc(C)c1)C(=O)O. The first-order valence-corrected chi connectivity index (χ1v) is 5.05. The summed E-state index contributed by atoms with van der Waals surface area (Å²) in [6.45, 7) is 3.68. The zero-order chi connectivity index (χ0) is 11.3. The molecule has 1 aromatic carbocycles. The molecule has 0 radical (unpaired) electrons. The molecule has 0 amide bonds. The molecule has 0 heterocycles. The van der Waals surface area contributed by atoms with Gasteiger partial charge in [0.05, 0.1) is 0 Å². The van der Waals surface area contributed by atoms with E-state index in [1.807, 2.05) is 6.07 Å². The van der Waals surface area contributed by atoms with E-state index in [4.69, 9.17) is 5.11 Å². The van der Waals surface area contributed by atoms with Crippen molar-refractivity contribution in [3.8, 4) is 0 Å². The van der Waals surface area contributed by atoms with Crippen molar-refractivity contribution in [3.63, 3.8) is 0 Å². The van der Waals surface area contributed by atoms with Crippen LogP contribution in [0.1, 0.15) is 24.5 Å². The summed E-state index contributed by atoms with van der Waals surface area (Å²) >= 11 is 0. The second-order valence-corrected chi connectivity index (χ2v) is 3.72. The van der Waals surface area contributed by atoms with Gasteiger partial charge < -0.3 is 5.11 Å². The van der Waals surface area contributed by atoms with Crippen LogP contribution in [0.5, 0.6) is 0 Å². The lowest BCUT2D eigenvalue weighted by molar-refractivity contribution is -0.132. The average molecular weight is 204 g/mol. The third-order valence-electron chi connectivity index (χ3n) is 2.30. The Labute approximate surface area is 90.3 Å². The van der Waals surface area contributed by atoms with Crippen molar-refractivity contribution in [1.82, 2.24) is 0 Å². The van der Waals surface area contributed by atoms with Gasteiger partial charge in [0.25, 0.3) is 0 Å². The van der Waals surface area contributed by atoms with Gasteiger partial charge in [0.1, 0.15) is 0 Å². The Balaban J connectivity index is 2.51. The molecule has 80 valence electrons. The van der Waals surface area contributed by atoms with Gasteiger partial charge in [-0.1, -0.05) is 35.9 Å². The molecule has 0 aliphatic carbocycles. The van der Waals surface area contributed by atoms with Gasteiger partial charge in [-0.3, -0.25) is 0 Å². The number of hydrogen-bond acceptors (Lipinski definition) is 1. The van der Waals surface area contributed by atoms with E-state index in [0.717, 1.165) is 12.8 Å². The molecule has 2 heteroatoms. The van der Waals surface area contributed by atoms with Crippen molar-refractivity contribution in [2.75, 3.05) is 0 Å². The lowest BCUT2D eigenvalue weighted by Crippen LogP contribution is -1.96. The predicted octanol–water partition coefficient (Wildman–Crippen LogP) is 2.96. The summed E-state index contributed by atoms with van der Waals surface area (Å²) in [6.07, 6.45) is 3.44. The predicted molar refractivity (Wildman–Crippen MR) is 60.9 cm³/mol. The number of aliphatic carboxylic acids is 1. The number of benzene rings is 1. The number of hydrogen-bond donors (Lipinski definition) is 1. The minimum Gasteiger partial charge on any atom is -0.478 e. The van der Waals surface area contributed by atoms with Gasteiger partial charge in [-0.2, -0.15) is 0 Å². The number of carboxylic acids is 1. The van der Waals surface area contributed by atoms with Crippen LogP contribution < -0.4 is 0 Å². The minimum absolute atomic E-state index is 0.419. The summed E-state index contributed by atoms with van der Waals surface area (Å²) < 4.78 is 0. The van der Waals surface area contributed by atoms with Crippen molar-refractivity contribution in [2.24, 2.45) is 0 Å². The Bertz CT molecular complexity index is 378. The summed E-state index contributed by atoms with van der Waals surface area (Å²) in [5, 5.41) is 8.66. The van der Waals surface area contributed by atoms with Crippen LogP contribution in [0.3, 0.4) is 0 Å². The highest BCUT2D eigenvalue weighted by atomic mass is 16.4. The maximum Gasteiger partial charge on any atom is 0.330 e. The minimum atomic E-state index is -0.834. The molecule has 0 aliphatic heterocycles. The molecule has 1 N–H and O–H groups in total. The Morgan fingerprint density at radius 3 is 2.80 bits per heavy atom. The fourth-order valence-electron chi connectivity index (χ4n) is 1.41. The van der Waals surface area contributed by atoms with E-state index in [0.29, 0.717) is 5.57 Å². The zero-order valence-corrected chi connectivity index (χ0v) is 9.16. The van der Waals surface area contributed by atoms with Gasteiger partial charge in [0.2, 0.25) is 0 Å². The molecule has 0 fully saturated rings. The van der Waals surface area contributed by atoms with Crippen LogP contribution in [0.4, 0.5) is 0 Å². The lowest BCUT2D eigenvalue weighted by Gasteiger charge is -2.00. The first-order chi connectivity index (χ1) is 7.09. The van der Waals surface area contributed by atoms with E-state index in [9.17, 15) is 4.79 Å². The molecule has 0 bridgehead atoms. The summed E-state index contributed by atoms with van der Waals surface area (Å²) in [6, 6.07) is 8.28. The number of rotatable bonds is 4. The van der Waals surface area contributed by atoms with E-state index in [1.54, 1.807) is 13.0 Å². The molecule has 0 spiro atoms. The molecular formula is C13H16O2. The summed E-state index contributed by atoms with van der Waals surface area (Å²) in [7, 11) is 0. The van der Waals surface area contributed by atoms with Crippen molar-refractivity contribution < 1.29 is 9.90 Å². The van der Waals surface area contributed by atoms with Crippen molar-refractivity contribution >= 4 is 5.97 Å². The van der Waals surface area contributed by atoms with Gasteiger partial charge >= 0.3 is 5.97 Å². The van der Waals surface area contributed by atoms with Crippen LogP contribution in [-0.2, 0) is 11.2 Å². The molecule has 0 saturated carbocycles. The fourth-order valence-corrected chi connectivity index (χ4v) is 1.41. The summed E-state index contributed by atoms with van der Waals surface area (Å²) in [4.78, 5) is 10.5. The number of aryl methyl sites for hydroxylation is 2. The average Bonchev–Trinajstić information content (AvgIpc) is 2.17. The Morgan fingerprint density at radius 1 is 1.47 bits per heavy atom. The van der Waals surface area contributed by atoms with E-state index in [-0.39, 0.29) is 0 Å². The number of carboxylic acid groups (broad SMARTS) is 1. The molecule has 0 aliphatic rings. The van der Waals surface area contributed by atoms with Crippen LogP contribution in [0, 0.1) is 6.92 Å². The van der Waals surface area contributed by atoms with Crippen LogP contribution in [0.2, 0.25) is 0 Å². The highest BCUT2D eigenvalue weighted by Gasteiger charge is 1.98. The highest BCUT2D eigenvalue weighted by Crippen LogP contribution is 2.07. The smallest absolute Gasteiger partial charge is 0.330 e. The van der Waals surface area contributed by atoms with Gasteiger partial charge in [0, 0.05) is 5.57 Å². The van der Waals surface area contributed by atoms with Crippen molar-refractivity contribution in [2.45, 2.75) is 26.7 Å². The standard InChI is InChI=1S/C13H16O2/c1-10-5-3-7-12(9-10)8-4-6-11(2)13(14)15/h3,5-7,9H,4,8H2,1-2H3,(H,14,15)/b11-6+. The molecule has 0 unspecified atom stereocenters. The maximum atomic E-state index is 10.5. The zero-order valence-electron chi connectivity index (χ0n) is 9.16. The van der Waals surface area contributed by atoms with Crippen LogP contribution in [0.25, 0.3) is 0 Å². The van der Waals surface area contributed by atoms with Gasteiger partial charge in [-0.25, -0.2) is 4.79 Å². The van der Waals surface area contributed by atoms with E-state index in [2.05, 4.69) is 25.1 Å². The molecular weight excluding hydrogens is 188 g/mol.